The molecule has 106 valence electrons. The van der Waals surface area contributed by atoms with Crippen molar-refractivity contribution in [2.75, 3.05) is 13.6 Å². The van der Waals surface area contributed by atoms with Gasteiger partial charge in [-0.2, -0.15) is 0 Å². The number of carbonyl (C=O) groups excluding carboxylic acids is 1. The highest BCUT2D eigenvalue weighted by Gasteiger charge is 2.13. The maximum atomic E-state index is 11.9. The fourth-order valence-corrected chi connectivity index (χ4v) is 2.35. The monoisotopic (exact) mass is 274 g/mol. The van der Waals surface area contributed by atoms with Crippen molar-refractivity contribution in [2.45, 2.75) is 12.8 Å². The van der Waals surface area contributed by atoms with Crippen LogP contribution in [0.5, 0.6) is 0 Å². The number of fused-ring (bicyclic) bond motifs is 1. The van der Waals surface area contributed by atoms with Crippen LogP contribution in [0.15, 0.2) is 30.5 Å². The van der Waals surface area contributed by atoms with Crippen molar-refractivity contribution < 1.29 is 14.7 Å². The number of carboxylic acid groups (broad SMARTS) is 1. The summed E-state index contributed by atoms with van der Waals surface area (Å²) in [5, 5.41) is 9.81. The maximum absolute atomic E-state index is 11.9. The van der Waals surface area contributed by atoms with E-state index in [1.807, 2.05) is 42.1 Å². The molecule has 2 rings (SSSR count). The number of aliphatic carboxylic acids is 1. The number of benzene rings is 1. The molecule has 0 bridgehead atoms. The van der Waals surface area contributed by atoms with Crippen LogP contribution in [0.1, 0.15) is 12.0 Å². The third-order valence-corrected chi connectivity index (χ3v) is 3.39. The zero-order chi connectivity index (χ0) is 14.7. The van der Waals surface area contributed by atoms with E-state index in [2.05, 4.69) is 0 Å². The lowest BCUT2D eigenvalue weighted by Gasteiger charge is -2.14. The number of likely N-dealkylation sites (N-methyl/N-ethyl adjacent to an activating group) is 1. The lowest BCUT2D eigenvalue weighted by molar-refractivity contribution is -0.143. The molecule has 5 heteroatoms. The molecule has 1 aromatic heterocycles. The molecule has 0 aliphatic heterocycles. The van der Waals surface area contributed by atoms with E-state index in [0.717, 1.165) is 16.5 Å². The Morgan fingerprint density at radius 3 is 2.70 bits per heavy atom. The minimum atomic E-state index is -0.994. The SMILES string of the molecule is CN(CC(=O)O)C(=O)CCc1cn(C)c2ccccc12. The summed E-state index contributed by atoms with van der Waals surface area (Å²) in [7, 11) is 3.49. The molecule has 1 aromatic carbocycles. The summed E-state index contributed by atoms with van der Waals surface area (Å²) in [5.41, 5.74) is 2.24. The van der Waals surface area contributed by atoms with Crippen LogP contribution in [0.4, 0.5) is 0 Å². The molecular weight excluding hydrogens is 256 g/mol. The Hall–Kier alpha value is -2.30. The Labute approximate surface area is 117 Å². The smallest absolute Gasteiger partial charge is 0.323 e. The molecule has 0 aliphatic rings. The summed E-state index contributed by atoms with van der Waals surface area (Å²) >= 11 is 0. The zero-order valence-corrected chi connectivity index (χ0v) is 11.7. The Morgan fingerprint density at radius 2 is 2.00 bits per heavy atom. The van der Waals surface area contributed by atoms with Crippen molar-refractivity contribution >= 4 is 22.8 Å². The molecule has 0 radical (unpaired) electrons. The number of rotatable bonds is 5. The van der Waals surface area contributed by atoms with Gasteiger partial charge in [-0.15, -0.1) is 0 Å². The topological polar surface area (TPSA) is 62.5 Å². The third kappa shape index (κ3) is 2.99. The van der Waals surface area contributed by atoms with Gasteiger partial charge in [0, 0.05) is 37.6 Å². The van der Waals surface area contributed by atoms with Crippen molar-refractivity contribution in [3.05, 3.63) is 36.0 Å². The molecule has 0 saturated carbocycles. The highest BCUT2D eigenvalue weighted by Crippen LogP contribution is 2.21. The second-order valence-corrected chi connectivity index (χ2v) is 4.93. The van der Waals surface area contributed by atoms with Crippen molar-refractivity contribution in [3.63, 3.8) is 0 Å². The number of carboxylic acids is 1. The highest BCUT2D eigenvalue weighted by atomic mass is 16.4. The molecule has 20 heavy (non-hydrogen) atoms. The van der Waals surface area contributed by atoms with Gasteiger partial charge < -0.3 is 14.6 Å². The quantitative estimate of drug-likeness (QED) is 0.901. The summed E-state index contributed by atoms with van der Waals surface area (Å²) in [6.07, 6.45) is 2.96. The zero-order valence-electron chi connectivity index (χ0n) is 11.7. The van der Waals surface area contributed by atoms with E-state index in [1.165, 1.54) is 11.9 Å². The molecule has 0 unspecified atom stereocenters. The molecule has 1 amide bonds. The molecule has 1 N–H and O–H groups in total. The molecule has 2 aromatic rings. The first-order valence-electron chi connectivity index (χ1n) is 6.47. The molecule has 0 fully saturated rings. The minimum absolute atomic E-state index is 0.152. The number of aromatic nitrogens is 1. The number of para-hydroxylation sites is 1. The van der Waals surface area contributed by atoms with Crippen LogP contribution in [0.3, 0.4) is 0 Å². The summed E-state index contributed by atoms with van der Waals surface area (Å²) in [6, 6.07) is 8.04. The van der Waals surface area contributed by atoms with Crippen LogP contribution in [-0.2, 0) is 23.1 Å². The van der Waals surface area contributed by atoms with Crippen LogP contribution >= 0.6 is 0 Å². The molecule has 1 heterocycles. The maximum Gasteiger partial charge on any atom is 0.323 e. The number of hydrogen-bond donors (Lipinski definition) is 1. The van der Waals surface area contributed by atoms with E-state index in [-0.39, 0.29) is 12.5 Å². The van der Waals surface area contributed by atoms with Gasteiger partial charge in [0.15, 0.2) is 0 Å². The van der Waals surface area contributed by atoms with E-state index < -0.39 is 5.97 Å². The van der Waals surface area contributed by atoms with E-state index in [1.54, 1.807) is 0 Å². The van der Waals surface area contributed by atoms with Gasteiger partial charge in [0.25, 0.3) is 0 Å². The summed E-state index contributed by atoms with van der Waals surface area (Å²) in [4.78, 5) is 23.7. The Kier molecular flexibility index (Phi) is 4.08. The summed E-state index contributed by atoms with van der Waals surface area (Å²) < 4.78 is 2.04. The van der Waals surface area contributed by atoms with Gasteiger partial charge in [-0.05, 0) is 18.1 Å². The molecule has 0 aliphatic carbocycles. The van der Waals surface area contributed by atoms with Crippen molar-refractivity contribution in [1.29, 1.82) is 0 Å². The molecular formula is C15H18N2O3. The summed E-state index contributed by atoms with van der Waals surface area (Å²) in [6.45, 7) is -0.256. The first-order valence-corrected chi connectivity index (χ1v) is 6.47. The first-order chi connectivity index (χ1) is 9.49. The number of amides is 1. The lowest BCUT2D eigenvalue weighted by Crippen LogP contribution is -2.32. The van der Waals surface area contributed by atoms with Crippen LogP contribution in [0.25, 0.3) is 10.9 Å². The van der Waals surface area contributed by atoms with E-state index >= 15 is 0 Å². The predicted molar refractivity (Wildman–Crippen MR) is 76.5 cm³/mol. The number of nitrogens with zero attached hydrogens (tertiary/aromatic N) is 2. The standard InChI is InChI=1S/C15H18N2O3/c1-16-9-11(12-5-3-4-6-13(12)16)7-8-14(18)17(2)10-15(19)20/h3-6,9H,7-8,10H2,1-2H3,(H,19,20). The van der Waals surface area contributed by atoms with Crippen LogP contribution in [0, 0.1) is 0 Å². The largest absolute Gasteiger partial charge is 0.480 e. The normalized spacial score (nSPS) is 10.7. The van der Waals surface area contributed by atoms with Gasteiger partial charge >= 0.3 is 5.97 Å². The van der Waals surface area contributed by atoms with Crippen LogP contribution in [-0.4, -0.2) is 40.0 Å². The predicted octanol–water partition coefficient (Wildman–Crippen LogP) is 1.65. The fourth-order valence-electron chi connectivity index (χ4n) is 2.35. The average molecular weight is 274 g/mol. The lowest BCUT2D eigenvalue weighted by atomic mass is 10.1. The second kappa shape index (κ2) is 5.77. The van der Waals surface area contributed by atoms with Gasteiger partial charge in [0.1, 0.15) is 6.54 Å². The Morgan fingerprint density at radius 1 is 1.30 bits per heavy atom. The van der Waals surface area contributed by atoms with Gasteiger partial charge in [0.2, 0.25) is 5.91 Å². The van der Waals surface area contributed by atoms with Gasteiger partial charge in [-0.3, -0.25) is 9.59 Å². The molecule has 0 saturated heterocycles. The average Bonchev–Trinajstić information content (AvgIpc) is 2.73. The number of carbonyl (C=O) groups is 2. The Balaban J connectivity index is 2.06. The Bertz CT molecular complexity index is 646. The van der Waals surface area contributed by atoms with Crippen LogP contribution in [0.2, 0.25) is 0 Å². The highest BCUT2D eigenvalue weighted by molar-refractivity contribution is 5.85. The van der Waals surface area contributed by atoms with E-state index in [9.17, 15) is 9.59 Å². The first kappa shape index (κ1) is 14.1. The van der Waals surface area contributed by atoms with Gasteiger partial charge in [0.05, 0.1) is 0 Å². The van der Waals surface area contributed by atoms with Gasteiger partial charge in [-0.25, -0.2) is 0 Å². The van der Waals surface area contributed by atoms with Crippen molar-refractivity contribution in [1.82, 2.24) is 9.47 Å². The van der Waals surface area contributed by atoms with Gasteiger partial charge in [-0.1, -0.05) is 18.2 Å². The van der Waals surface area contributed by atoms with E-state index in [4.69, 9.17) is 5.11 Å². The molecule has 0 atom stereocenters. The number of aryl methyl sites for hydroxylation is 2. The summed E-state index contributed by atoms with van der Waals surface area (Å²) in [5.74, 6) is -1.15. The fraction of sp³-hybridized carbons (Fsp3) is 0.333. The second-order valence-electron chi connectivity index (χ2n) is 4.93. The minimum Gasteiger partial charge on any atom is -0.480 e. The number of hydrogen-bond acceptors (Lipinski definition) is 2. The van der Waals surface area contributed by atoms with Crippen molar-refractivity contribution in [3.8, 4) is 0 Å². The van der Waals surface area contributed by atoms with Crippen molar-refractivity contribution in [2.24, 2.45) is 7.05 Å². The van der Waals surface area contributed by atoms with Crippen LogP contribution < -0.4 is 0 Å². The molecule has 0 spiro atoms. The van der Waals surface area contributed by atoms with E-state index in [0.29, 0.717) is 12.8 Å². The third-order valence-electron chi connectivity index (χ3n) is 3.39. The molecule has 5 nitrogen and oxygen atoms in total.